The zero-order valence-electron chi connectivity index (χ0n) is 7.40. The monoisotopic (exact) mass is 251 g/mol. The molecular weight excluding hydrogens is 250 g/mol. The molecule has 84 valence electrons. The van der Waals surface area contributed by atoms with Crippen LogP contribution in [-0.4, -0.2) is 5.24 Å². The first-order chi connectivity index (χ1) is 7.29. The van der Waals surface area contributed by atoms with E-state index in [1.54, 1.807) is 0 Å². The topological polar surface area (TPSA) is 40.9 Å². The van der Waals surface area contributed by atoms with Crippen molar-refractivity contribution < 1.29 is 22.4 Å². The number of nitriles is 1. The lowest BCUT2D eigenvalue weighted by Gasteiger charge is -2.12. The van der Waals surface area contributed by atoms with Gasteiger partial charge in [-0.05, 0) is 23.7 Å². The summed E-state index contributed by atoms with van der Waals surface area (Å²) in [6.07, 6.45) is -5.02. The van der Waals surface area contributed by atoms with Crippen molar-refractivity contribution in [3.8, 4) is 6.07 Å². The highest BCUT2D eigenvalue weighted by Gasteiger charge is 2.39. The SMILES string of the molecule is N#Cc1c(F)ccc(C(=O)Cl)c1C(F)(F)F. The van der Waals surface area contributed by atoms with Crippen molar-refractivity contribution >= 4 is 16.8 Å². The summed E-state index contributed by atoms with van der Waals surface area (Å²) in [7, 11) is 0. The largest absolute Gasteiger partial charge is 0.418 e. The molecule has 1 rings (SSSR count). The molecule has 2 nitrogen and oxygen atoms in total. The van der Waals surface area contributed by atoms with Crippen molar-refractivity contribution in [1.29, 1.82) is 5.26 Å². The van der Waals surface area contributed by atoms with Crippen LogP contribution < -0.4 is 0 Å². The van der Waals surface area contributed by atoms with Gasteiger partial charge in [0.2, 0.25) is 0 Å². The van der Waals surface area contributed by atoms with Crippen LogP contribution in [0.3, 0.4) is 0 Å². The molecule has 0 spiro atoms. The molecule has 16 heavy (non-hydrogen) atoms. The number of carbonyl (C=O) groups excluding carboxylic acids is 1. The molecule has 0 radical (unpaired) electrons. The van der Waals surface area contributed by atoms with Gasteiger partial charge >= 0.3 is 6.18 Å². The third-order valence-corrected chi connectivity index (χ3v) is 1.97. The highest BCUT2D eigenvalue weighted by atomic mass is 35.5. The van der Waals surface area contributed by atoms with Gasteiger partial charge in [-0.15, -0.1) is 0 Å². The molecule has 0 unspecified atom stereocenters. The van der Waals surface area contributed by atoms with Gasteiger partial charge in [0, 0.05) is 5.56 Å². The summed E-state index contributed by atoms with van der Waals surface area (Å²) in [5.41, 5.74) is -3.82. The number of benzene rings is 1. The molecule has 7 heteroatoms. The van der Waals surface area contributed by atoms with Gasteiger partial charge in [0.25, 0.3) is 5.24 Å². The average molecular weight is 252 g/mol. The molecule has 1 aromatic carbocycles. The van der Waals surface area contributed by atoms with Gasteiger partial charge < -0.3 is 0 Å². The third kappa shape index (κ3) is 2.14. The molecule has 0 N–H and O–H groups in total. The van der Waals surface area contributed by atoms with E-state index in [1.807, 2.05) is 0 Å². The number of hydrogen-bond acceptors (Lipinski definition) is 2. The first-order valence-electron chi connectivity index (χ1n) is 3.78. The van der Waals surface area contributed by atoms with Gasteiger partial charge in [-0.3, -0.25) is 4.79 Å². The second kappa shape index (κ2) is 4.10. The summed E-state index contributed by atoms with van der Waals surface area (Å²) in [6.45, 7) is 0. The number of carbonyl (C=O) groups is 1. The van der Waals surface area contributed by atoms with E-state index in [2.05, 4.69) is 0 Å². The van der Waals surface area contributed by atoms with Gasteiger partial charge in [-0.2, -0.15) is 18.4 Å². The standard InChI is InChI=1S/C9H2ClF4NO/c10-8(16)4-1-2-6(11)5(3-15)7(4)9(12,13)14/h1-2H. The third-order valence-electron chi connectivity index (χ3n) is 1.76. The van der Waals surface area contributed by atoms with E-state index >= 15 is 0 Å². The highest BCUT2D eigenvalue weighted by Crippen LogP contribution is 2.36. The van der Waals surface area contributed by atoms with E-state index in [1.165, 1.54) is 0 Å². The average Bonchev–Trinajstić information content (AvgIpc) is 2.15. The molecule has 0 aliphatic rings. The molecule has 0 saturated heterocycles. The van der Waals surface area contributed by atoms with Crippen molar-refractivity contribution in [1.82, 2.24) is 0 Å². The lowest BCUT2D eigenvalue weighted by atomic mass is 10.0. The molecular formula is C9H2ClF4NO. The summed E-state index contributed by atoms with van der Waals surface area (Å²) in [5.74, 6) is -1.35. The minimum Gasteiger partial charge on any atom is -0.276 e. The predicted molar refractivity (Wildman–Crippen MR) is 46.3 cm³/mol. The van der Waals surface area contributed by atoms with E-state index in [0.717, 1.165) is 6.07 Å². The number of nitrogens with zero attached hydrogens (tertiary/aromatic N) is 1. The van der Waals surface area contributed by atoms with Crippen LogP contribution >= 0.6 is 11.6 Å². The first kappa shape index (κ1) is 12.5. The van der Waals surface area contributed by atoms with Crippen LogP contribution in [0.4, 0.5) is 17.6 Å². The molecule has 0 aromatic heterocycles. The molecule has 0 bridgehead atoms. The van der Waals surface area contributed by atoms with E-state index in [4.69, 9.17) is 16.9 Å². The van der Waals surface area contributed by atoms with Crippen LogP contribution in [0.15, 0.2) is 12.1 Å². The molecule has 0 heterocycles. The summed E-state index contributed by atoms with van der Waals surface area (Å²) in [6, 6.07) is 2.24. The minimum atomic E-state index is -5.02. The Balaban J connectivity index is 3.70. The molecule has 0 atom stereocenters. The van der Waals surface area contributed by atoms with Crippen molar-refractivity contribution in [3.63, 3.8) is 0 Å². The van der Waals surface area contributed by atoms with Crippen molar-refractivity contribution in [2.75, 3.05) is 0 Å². The maximum atomic E-state index is 12.9. The zero-order valence-corrected chi connectivity index (χ0v) is 8.16. The van der Waals surface area contributed by atoms with Crippen molar-refractivity contribution in [2.24, 2.45) is 0 Å². The molecule has 1 aromatic rings. The lowest BCUT2D eigenvalue weighted by molar-refractivity contribution is -0.138. The highest BCUT2D eigenvalue weighted by molar-refractivity contribution is 6.68. The van der Waals surface area contributed by atoms with E-state index in [0.29, 0.717) is 12.1 Å². The number of rotatable bonds is 1. The van der Waals surface area contributed by atoms with Gasteiger partial charge in [0.05, 0.1) is 5.56 Å². The van der Waals surface area contributed by atoms with Gasteiger partial charge in [-0.25, -0.2) is 4.39 Å². The van der Waals surface area contributed by atoms with Crippen LogP contribution in [-0.2, 0) is 6.18 Å². The van der Waals surface area contributed by atoms with Crippen LogP contribution in [0.1, 0.15) is 21.5 Å². The van der Waals surface area contributed by atoms with Gasteiger partial charge in [-0.1, -0.05) is 0 Å². The number of hydrogen-bond donors (Lipinski definition) is 0. The second-order valence-corrected chi connectivity index (χ2v) is 3.07. The van der Waals surface area contributed by atoms with Crippen LogP contribution in [0.5, 0.6) is 0 Å². The molecule has 0 fully saturated rings. The van der Waals surface area contributed by atoms with E-state index < -0.39 is 33.9 Å². The van der Waals surface area contributed by atoms with Crippen molar-refractivity contribution in [3.05, 3.63) is 34.6 Å². The van der Waals surface area contributed by atoms with Crippen molar-refractivity contribution in [2.45, 2.75) is 6.18 Å². The Morgan fingerprint density at radius 3 is 2.31 bits per heavy atom. The Kier molecular flexibility index (Phi) is 3.19. The second-order valence-electron chi connectivity index (χ2n) is 2.73. The number of alkyl halides is 3. The van der Waals surface area contributed by atoms with Gasteiger partial charge in [0.15, 0.2) is 0 Å². The maximum absolute atomic E-state index is 12.9. The molecule has 0 aliphatic heterocycles. The first-order valence-corrected chi connectivity index (χ1v) is 4.16. The normalized spacial score (nSPS) is 11.0. The molecule has 0 amide bonds. The van der Waals surface area contributed by atoms with Gasteiger partial charge in [0.1, 0.15) is 17.4 Å². The summed E-state index contributed by atoms with van der Waals surface area (Å²) in [5, 5.41) is 7.03. The van der Waals surface area contributed by atoms with Crippen LogP contribution in [0.2, 0.25) is 0 Å². The smallest absolute Gasteiger partial charge is 0.276 e. The van der Waals surface area contributed by atoms with Crippen LogP contribution in [0, 0.1) is 17.1 Å². The Hall–Kier alpha value is -1.61. The quantitative estimate of drug-likeness (QED) is 0.568. The van der Waals surface area contributed by atoms with E-state index in [-0.39, 0.29) is 0 Å². The number of halogens is 5. The molecule has 0 aliphatic carbocycles. The summed E-state index contributed by atoms with van der Waals surface area (Å²) in [4.78, 5) is 10.7. The predicted octanol–water partition coefficient (Wildman–Crippen LogP) is 3.10. The minimum absolute atomic E-state index is 0.587. The van der Waals surface area contributed by atoms with E-state index in [9.17, 15) is 22.4 Å². The fraction of sp³-hybridized carbons (Fsp3) is 0.111. The maximum Gasteiger partial charge on any atom is 0.418 e. The summed E-state index contributed by atoms with van der Waals surface area (Å²) >= 11 is 4.92. The summed E-state index contributed by atoms with van der Waals surface area (Å²) < 4.78 is 50.5. The Morgan fingerprint density at radius 1 is 1.38 bits per heavy atom. The van der Waals surface area contributed by atoms with Crippen LogP contribution in [0.25, 0.3) is 0 Å². The fourth-order valence-corrected chi connectivity index (χ4v) is 1.30. The Labute approximate surface area is 92.0 Å². The lowest BCUT2D eigenvalue weighted by Crippen LogP contribution is -2.14. The fourth-order valence-electron chi connectivity index (χ4n) is 1.14. The Bertz CT molecular complexity index is 490. The Morgan fingerprint density at radius 2 is 1.94 bits per heavy atom. The molecule has 0 saturated carbocycles. The zero-order chi connectivity index (χ0) is 12.5.